The molecule has 1 aromatic carbocycles. The Morgan fingerprint density at radius 3 is 2.85 bits per heavy atom. The van der Waals surface area contributed by atoms with Gasteiger partial charge in [-0.15, -0.1) is 0 Å². The fraction of sp³-hybridized carbons (Fsp3) is 0.526. The first-order valence-corrected chi connectivity index (χ1v) is 9.83. The van der Waals surface area contributed by atoms with E-state index in [0.29, 0.717) is 30.9 Å². The van der Waals surface area contributed by atoms with Crippen molar-refractivity contribution in [2.24, 2.45) is 5.92 Å². The van der Waals surface area contributed by atoms with E-state index >= 15 is 0 Å². The number of fused-ring (bicyclic) bond motifs is 1. The quantitative estimate of drug-likeness (QED) is 0.789. The SMILES string of the molecule is O=C(NC(CC1CC1)C(=O)N1CCC2OCC(=O)C21)c1cccc(Br)c1. The standard InChI is InChI=1S/C19H21BrN2O4/c20-13-3-1-2-12(9-13)18(24)21-14(8-11-4-5-11)19(25)22-7-6-16-17(22)15(23)10-26-16/h1-3,9,11,14,16-17H,4-8,10H2,(H,21,24). The zero-order valence-electron chi connectivity index (χ0n) is 14.3. The zero-order chi connectivity index (χ0) is 18.3. The molecule has 1 N–H and O–H groups in total. The molecule has 7 heteroatoms. The number of hydrogen-bond donors (Lipinski definition) is 1. The molecule has 2 saturated heterocycles. The molecular formula is C19H21BrN2O4. The highest BCUT2D eigenvalue weighted by Gasteiger charge is 2.48. The zero-order valence-corrected chi connectivity index (χ0v) is 15.9. The summed E-state index contributed by atoms with van der Waals surface area (Å²) in [4.78, 5) is 39.5. The fourth-order valence-electron chi connectivity index (χ4n) is 3.82. The Morgan fingerprint density at radius 1 is 1.31 bits per heavy atom. The number of carbonyl (C=O) groups excluding carboxylic acids is 3. The van der Waals surface area contributed by atoms with Crippen LogP contribution in [0.2, 0.25) is 0 Å². The van der Waals surface area contributed by atoms with Crippen LogP contribution in [0.3, 0.4) is 0 Å². The van der Waals surface area contributed by atoms with Crippen molar-refractivity contribution in [3.05, 3.63) is 34.3 Å². The van der Waals surface area contributed by atoms with Gasteiger partial charge in [-0.25, -0.2) is 0 Å². The lowest BCUT2D eigenvalue weighted by atomic mass is 10.1. The highest BCUT2D eigenvalue weighted by Crippen LogP contribution is 2.35. The average molecular weight is 421 g/mol. The van der Waals surface area contributed by atoms with Gasteiger partial charge in [-0.05, 0) is 37.0 Å². The van der Waals surface area contributed by atoms with E-state index in [1.165, 1.54) is 0 Å². The molecule has 0 aromatic heterocycles. The molecule has 1 aliphatic carbocycles. The molecule has 2 amide bonds. The molecule has 1 saturated carbocycles. The van der Waals surface area contributed by atoms with E-state index in [-0.39, 0.29) is 30.3 Å². The Bertz CT molecular complexity index is 749. The summed E-state index contributed by atoms with van der Waals surface area (Å²) in [6, 6.07) is 6.01. The summed E-state index contributed by atoms with van der Waals surface area (Å²) < 4.78 is 6.28. The van der Waals surface area contributed by atoms with E-state index in [0.717, 1.165) is 17.3 Å². The number of hydrogen-bond acceptors (Lipinski definition) is 4. The van der Waals surface area contributed by atoms with Crippen molar-refractivity contribution < 1.29 is 19.1 Å². The summed E-state index contributed by atoms with van der Waals surface area (Å²) in [5, 5.41) is 2.90. The van der Waals surface area contributed by atoms with Crippen molar-refractivity contribution in [2.45, 2.75) is 43.9 Å². The van der Waals surface area contributed by atoms with Crippen LogP contribution in [0.25, 0.3) is 0 Å². The number of nitrogens with one attached hydrogen (secondary N) is 1. The lowest BCUT2D eigenvalue weighted by Crippen LogP contribution is -2.52. The van der Waals surface area contributed by atoms with Gasteiger partial charge in [0.1, 0.15) is 18.7 Å². The maximum Gasteiger partial charge on any atom is 0.251 e. The first kappa shape index (κ1) is 17.7. The van der Waals surface area contributed by atoms with Crippen molar-refractivity contribution >= 4 is 33.5 Å². The summed E-state index contributed by atoms with van der Waals surface area (Å²) in [7, 11) is 0. The Hall–Kier alpha value is -1.73. The topological polar surface area (TPSA) is 75.7 Å². The number of carbonyl (C=O) groups is 3. The van der Waals surface area contributed by atoms with Gasteiger partial charge in [0, 0.05) is 16.6 Å². The Labute approximate surface area is 160 Å². The van der Waals surface area contributed by atoms with Crippen LogP contribution in [0.5, 0.6) is 0 Å². The van der Waals surface area contributed by atoms with Crippen molar-refractivity contribution in [3.8, 4) is 0 Å². The smallest absolute Gasteiger partial charge is 0.251 e. The van der Waals surface area contributed by atoms with Crippen LogP contribution in [0.1, 0.15) is 36.0 Å². The molecule has 0 bridgehead atoms. The maximum atomic E-state index is 13.1. The van der Waals surface area contributed by atoms with Crippen molar-refractivity contribution in [3.63, 3.8) is 0 Å². The Kier molecular flexibility index (Phi) is 4.84. The van der Waals surface area contributed by atoms with Gasteiger partial charge in [-0.2, -0.15) is 0 Å². The minimum absolute atomic E-state index is 0.0376. The van der Waals surface area contributed by atoms with Gasteiger partial charge in [-0.3, -0.25) is 14.4 Å². The molecule has 138 valence electrons. The highest BCUT2D eigenvalue weighted by atomic mass is 79.9. The van der Waals surface area contributed by atoms with E-state index < -0.39 is 12.1 Å². The number of ketones is 1. The number of rotatable bonds is 5. The molecular weight excluding hydrogens is 400 g/mol. The van der Waals surface area contributed by atoms with Gasteiger partial charge in [0.15, 0.2) is 5.78 Å². The summed E-state index contributed by atoms with van der Waals surface area (Å²) in [5.74, 6) is 0.00618. The molecule has 3 unspecified atom stereocenters. The predicted molar refractivity (Wildman–Crippen MR) is 97.6 cm³/mol. The first-order valence-electron chi connectivity index (χ1n) is 9.04. The molecule has 26 heavy (non-hydrogen) atoms. The van der Waals surface area contributed by atoms with Crippen LogP contribution in [-0.4, -0.2) is 53.8 Å². The minimum Gasteiger partial charge on any atom is -0.368 e. The molecule has 4 rings (SSSR count). The van der Waals surface area contributed by atoms with E-state index in [4.69, 9.17) is 4.74 Å². The summed E-state index contributed by atoms with van der Waals surface area (Å²) >= 11 is 3.36. The third-order valence-corrected chi connectivity index (χ3v) is 5.84. The number of ether oxygens (including phenoxy) is 1. The number of amides is 2. The van der Waals surface area contributed by atoms with Gasteiger partial charge < -0.3 is 15.0 Å². The molecule has 3 fully saturated rings. The molecule has 2 heterocycles. The number of nitrogens with zero attached hydrogens (tertiary/aromatic N) is 1. The number of benzene rings is 1. The Morgan fingerprint density at radius 2 is 2.12 bits per heavy atom. The van der Waals surface area contributed by atoms with Crippen LogP contribution in [-0.2, 0) is 14.3 Å². The minimum atomic E-state index is -0.596. The second-order valence-corrected chi connectivity index (χ2v) is 8.21. The van der Waals surface area contributed by atoms with Crippen molar-refractivity contribution in [2.75, 3.05) is 13.2 Å². The normalized spacial score (nSPS) is 25.9. The molecule has 2 aliphatic heterocycles. The Balaban J connectivity index is 1.50. The highest BCUT2D eigenvalue weighted by molar-refractivity contribution is 9.10. The lowest BCUT2D eigenvalue weighted by Gasteiger charge is -2.27. The molecule has 6 nitrogen and oxygen atoms in total. The summed E-state index contributed by atoms with van der Waals surface area (Å²) in [6.45, 7) is 0.588. The van der Waals surface area contributed by atoms with Gasteiger partial charge in [-0.1, -0.05) is 34.8 Å². The van der Waals surface area contributed by atoms with Gasteiger partial charge in [0.25, 0.3) is 5.91 Å². The largest absolute Gasteiger partial charge is 0.368 e. The van der Waals surface area contributed by atoms with Crippen LogP contribution < -0.4 is 5.32 Å². The average Bonchev–Trinajstić information content (AvgIpc) is 3.22. The first-order chi connectivity index (χ1) is 12.5. The van der Waals surface area contributed by atoms with E-state index in [2.05, 4.69) is 21.2 Å². The van der Waals surface area contributed by atoms with E-state index in [9.17, 15) is 14.4 Å². The van der Waals surface area contributed by atoms with Gasteiger partial charge >= 0.3 is 0 Å². The molecule has 0 radical (unpaired) electrons. The number of Topliss-reactive ketones (excluding diaryl/α,β-unsaturated/α-hetero) is 1. The van der Waals surface area contributed by atoms with Crippen LogP contribution in [0.15, 0.2) is 28.7 Å². The van der Waals surface area contributed by atoms with Crippen LogP contribution in [0, 0.1) is 5.92 Å². The van der Waals surface area contributed by atoms with Crippen LogP contribution >= 0.6 is 15.9 Å². The summed E-state index contributed by atoms with van der Waals surface area (Å²) in [6.07, 6.45) is 3.29. The van der Waals surface area contributed by atoms with E-state index in [1.54, 1.807) is 23.1 Å². The number of likely N-dealkylation sites (tertiary alicyclic amines) is 1. The van der Waals surface area contributed by atoms with Crippen molar-refractivity contribution in [1.29, 1.82) is 0 Å². The van der Waals surface area contributed by atoms with Crippen LogP contribution in [0.4, 0.5) is 0 Å². The summed E-state index contributed by atoms with van der Waals surface area (Å²) in [5.41, 5.74) is 0.507. The fourth-order valence-corrected chi connectivity index (χ4v) is 4.22. The second kappa shape index (κ2) is 7.12. The van der Waals surface area contributed by atoms with Crippen molar-refractivity contribution in [1.82, 2.24) is 10.2 Å². The molecule has 3 atom stereocenters. The third-order valence-electron chi connectivity index (χ3n) is 5.35. The van der Waals surface area contributed by atoms with Gasteiger partial charge in [0.05, 0.1) is 6.10 Å². The van der Waals surface area contributed by atoms with Gasteiger partial charge in [0.2, 0.25) is 5.91 Å². The lowest BCUT2D eigenvalue weighted by molar-refractivity contribution is -0.138. The monoisotopic (exact) mass is 420 g/mol. The molecule has 1 aromatic rings. The predicted octanol–water partition coefficient (Wildman–Crippen LogP) is 1.92. The molecule has 0 spiro atoms. The number of halogens is 1. The molecule has 3 aliphatic rings. The second-order valence-electron chi connectivity index (χ2n) is 7.30. The van der Waals surface area contributed by atoms with E-state index in [1.807, 2.05) is 6.07 Å². The third kappa shape index (κ3) is 3.55. The maximum absolute atomic E-state index is 13.1.